The van der Waals surface area contributed by atoms with Gasteiger partial charge in [-0.1, -0.05) is 12.8 Å². The summed E-state index contributed by atoms with van der Waals surface area (Å²) in [6, 6.07) is 0.979. The Hall–Kier alpha value is -5.62. The molecule has 5 N–H and O–H groups in total. The maximum absolute atomic E-state index is 5.94. The molecule has 2 aliphatic carbocycles. The Labute approximate surface area is 316 Å². The number of ether oxygens (including phenoxy) is 2. The van der Waals surface area contributed by atoms with Crippen LogP contribution in [0.1, 0.15) is 77.0 Å². The zero-order valence-corrected chi connectivity index (χ0v) is 31.2. The second-order valence-electron chi connectivity index (χ2n) is 15.6. The lowest BCUT2D eigenvalue weighted by atomic mass is 9.86. The van der Waals surface area contributed by atoms with Crippen molar-refractivity contribution in [2.24, 2.45) is 5.92 Å². The van der Waals surface area contributed by atoms with Gasteiger partial charge < -0.3 is 40.3 Å². The molecular formula is C37H44N16O2. The van der Waals surface area contributed by atoms with E-state index in [-0.39, 0.29) is 18.0 Å². The Morgan fingerprint density at radius 3 is 2.05 bits per heavy atom. The highest BCUT2D eigenvalue weighted by molar-refractivity contribution is 5.87. The van der Waals surface area contributed by atoms with Crippen molar-refractivity contribution in [3.8, 4) is 22.8 Å². The van der Waals surface area contributed by atoms with Crippen LogP contribution in [0.5, 0.6) is 0 Å². The molecule has 55 heavy (non-hydrogen) atoms. The molecule has 0 aromatic carbocycles. The third kappa shape index (κ3) is 5.94. The fourth-order valence-electron chi connectivity index (χ4n) is 8.58. The van der Waals surface area contributed by atoms with Crippen molar-refractivity contribution in [2.75, 3.05) is 41.4 Å². The topological polar surface area (TPSA) is 225 Å². The molecule has 4 aliphatic heterocycles. The molecular weight excluding hydrogens is 701 g/mol. The van der Waals surface area contributed by atoms with Gasteiger partial charge in [0.05, 0.1) is 24.3 Å². The summed E-state index contributed by atoms with van der Waals surface area (Å²) in [4.78, 5) is 48.0. The number of hydrogen-bond donors (Lipinski definition) is 3. The maximum atomic E-state index is 5.94. The normalized spacial score (nSPS) is 22.6. The SMILES string of the molecule is CC1(C)OCCn2c1nc1c(NC3CCCC3)nc(-c3cnc(N)nc3)nc12.C[C@@H]1OCCn2c1nc1c(N3CC4CC3C4)nc(-c3cnc(N)nc3)nc12. The van der Waals surface area contributed by atoms with Crippen LogP contribution in [-0.4, -0.2) is 90.8 Å². The van der Waals surface area contributed by atoms with Crippen LogP contribution < -0.4 is 21.7 Å². The number of rotatable bonds is 5. The van der Waals surface area contributed by atoms with E-state index in [9.17, 15) is 0 Å². The average Bonchev–Trinajstić information content (AvgIpc) is 4.01. The molecule has 4 fully saturated rings. The van der Waals surface area contributed by atoms with Gasteiger partial charge in [-0.2, -0.15) is 0 Å². The fraction of sp³-hybridized carbons (Fsp3) is 0.514. The lowest BCUT2D eigenvalue weighted by Gasteiger charge is -2.30. The van der Waals surface area contributed by atoms with Crippen molar-refractivity contribution >= 4 is 45.9 Å². The Balaban J connectivity index is 0.000000135. The zero-order chi connectivity index (χ0) is 37.4. The number of nitrogens with zero attached hydrogens (tertiary/aromatic N) is 13. The molecule has 10 heterocycles. The first-order valence-corrected chi connectivity index (χ1v) is 19.2. The first-order valence-electron chi connectivity index (χ1n) is 19.2. The second-order valence-corrected chi connectivity index (χ2v) is 15.6. The van der Waals surface area contributed by atoms with Gasteiger partial charge in [0, 0.05) is 56.5 Å². The molecule has 18 nitrogen and oxygen atoms in total. The number of aromatic nitrogens is 12. The van der Waals surface area contributed by atoms with Gasteiger partial charge >= 0.3 is 0 Å². The van der Waals surface area contributed by atoms with Gasteiger partial charge in [-0.25, -0.2) is 49.8 Å². The third-order valence-corrected chi connectivity index (χ3v) is 11.5. The molecule has 2 saturated carbocycles. The van der Waals surface area contributed by atoms with Crippen LogP contribution in [-0.2, 0) is 28.2 Å². The predicted molar refractivity (Wildman–Crippen MR) is 205 cm³/mol. The molecule has 0 amide bonds. The van der Waals surface area contributed by atoms with Crippen molar-refractivity contribution in [3.63, 3.8) is 0 Å². The number of nitrogen functional groups attached to an aromatic ring is 2. The zero-order valence-electron chi connectivity index (χ0n) is 31.2. The van der Waals surface area contributed by atoms with Crippen LogP contribution in [0, 0.1) is 5.92 Å². The van der Waals surface area contributed by atoms with Crippen LogP contribution in [0.2, 0.25) is 0 Å². The largest absolute Gasteiger partial charge is 0.369 e. The van der Waals surface area contributed by atoms with Crippen molar-refractivity contribution in [3.05, 3.63) is 36.4 Å². The van der Waals surface area contributed by atoms with Crippen LogP contribution in [0.25, 0.3) is 45.1 Å². The summed E-state index contributed by atoms with van der Waals surface area (Å²) >= 11 is 0. The summed E-state index contributed by atoms with van der Waals surface area (Å²) in [7, 11) is 0. The summed E-state index contributed by atoms with van der Waals surface area (Å²) in [6.07, 6.45) is 13.9. The van der Waals surface area contributed by atoms with E-state index in [1.165, 1.54) is 25.7 Å². The number of fused-ring (bicyclic) bond motifs is 7. The Morgan fingerprint density at radius 1 is 0.764 bits per heavy atom. The van der Waals surface area contributed by atoms with Crippen molar-refractivity contribution in [1.82, 2.24) is 59.0 Å². The maximum Gasteiger partial charge on any atom is 0.219 e. The van der Waals surface area contributed by atoms with Crippen LogP contribution in [0.4, 0.5) is 23.5 Å². The standard InChI is InChI=1S/C19H24N8O.C18H20N8O/c1-19(2)17-24-13-15(23-12-5-3-4-6-12)25-14(11-9-21-18(20)22-10-11)26-16(13)27(17)7-8-28-19;1-9-15-22-13-16(25(15)2-3-27-9)23-14(11-6-20-18(19)21-7-11)24-17(13)26-8-10-4-12(26)5-10/h9-10,12H,3-8H2,1-2H3,(H2,20,21,22)(H,23,25,26);6-7,9-10,12H,2-5,8H2,1H3,(H2,19,20,21)/t;9-,10?,12?/m.0/s1. The summed E-state index contributed by atoms with van der Waals surface area (Å²) in [5, 5.41) is 3.61. The molecule has 18 heteroatoms. The van der Waals surface area contributed by atoms with Gasteiger partial charge in [0.1, 0.15) is 23.4 Å². The molecule has 1 atom stereocenters. The monoisotopic (exact) mass is 744 g/mol. The molecule has 12 rings (SSSR count). The molecule has 2 saturated heterocycles. The number of hydrogen-bond acceptors (Lipinski definition) is 16. The van der Waals surface area contributed by atoms with Crippen LogP contribution >= 0.6 is 0 Å². The van der Waals surface area contributed by atoms with Gasteiger partial charge in [-0.05, 0) is 52.4 Å². The van der Waals surface area contributed by atoms with Gasteiger partial charge in [0.15, 0.2) is 45.6 Å². The summed E-state index contributed by atoms with van der Waals surface area (Å²) in [6.45, 7) is 9.90. The molecule has 284 valence electrons. The Bertz CT molecular complexity index is 2400. The molecule has 0 unspecified atom stereocenters. The van der Waals surface area contributed by atoms with Gasteiger partial charge in [0.2, 0.25) is 11.9 Å². The minimum atomic E-state index is -0.464. The average molecular weight is 745 g/mol. The van der Waals surface area contributed by atoms with Crippen molar-refractivity contribution < 1.29 is 9.47 Å². The smallest absolute Gasteiger partial charge is 0.219 e. The van der Waals surface area contributed by atoms with E-state index in [1.54, 1.807) is 24.8 Å². The van der Waals surface area contributed by atoms with Crippen LogP contribution in [0.15, 0.2) is 24.8 Å². The molecule has 2 bridgehead atoms. The first kappa shape index (κ1) is 33.9. The fourth-order valence-corrected chi connectivity index (χ4v) is 8.58. The summed E-state index contributed by atoms with van der Waals surface area (Å²) in [5.41, 5.74) is 15.6. The molecule has 0 spiro atoms. The predicted octanol–water partition coefficient (Wildman–Crippen LogP) is 4.04. The summed E-state index contributed by atoms with van der Waals surface area (Å²) < 4.78 is 16.0. The van der Waals surface area contributed by atoms with E-state index < -0.39 is 5.60 Å². The highest BCUT2D eigenvalue weighted by Crippen LogP contribution is 2.45. The van der Waals surface area contributed by atoms with Gasteiger partial charge in [-0.15, -0.1) is 0 Å². The molecule has 6 aromatic rings. The quantitative estimate of drug-likeness (QED) is 0.226. The number of nitrogens with one attached hydrogen (secondary N) is 1. The number of imidazole rings is 2. The van der Waals surface area contributed by atoms with Crippen LogP contribution in [0.3, 0.4) is 0 Å². The number of anilines is 4. The summed E-state index contributed by atoms with van der Waals surface area (Å²) in [5.74, 6) is 5.92. The van der Waals surface area contributed by atoms with E-state index >= 15 is 0 Å². The molecule has 6 aromatic heterocycles. The lowest BCUT2D eigenvalue weighted by molar-refractivity contribution is -0.0530. The second kappa shape index (κ2) is 13.0. The minimum absolute atomic E-state index is 0.0450. The van der Waals surface area contributed by atoms with E-state index in [0.29, 0.717) is 43.5 Å². The molecule has 6 aliphatic rings. The van der Waals surface area contributed by atoms with Crippen molar-refractivity contribution in [2.45, 2.75) is 96.2 Å². The Kier molecular flexibility index (Phi) is 8.02. The number of nitrogens with two attached hydrogens (primary N) is 2. The highest BCUT2D eigenvalue weighted by Gasteiger charge is 2.44. The van der Waals surface area contributed by atoms with E-state index in [2.05, 4.69) is 39.3 Å². The van der Waals surface area contributed by atoms with Gasteiger partial charge in [0.25, 0.3) is 0 Å². The van der Waals surface area contributed by atoms with Crippen molar-refractivity contribution in [1.29, 1.82) is 0 Å². The molecule has 0 radical (unpaired) electrons. The lowest BCUT2D eigenvalue weighted by Crippen LogP contribution is -2.33. The first-order chi connectivity index (χ1) is 26.7. The minimum Gasteiger partial charge on any atom is -0.369 e. The van der Waals surface area contributed by atoms with E-state index in [1.807, 2.05) is 20.8 Å². The van der Waals surface area contributed by atoms with E-state index in [0.717, 1.165) is 88.6 Å². The van der Waals surface area contributed by atoms with E-state index in [4.69, 9.17) is 50.8 Å². The Morgan fingerprint density at radius 2 is 1.40 bits per heavy atom. The third-order valence-electron chi connectivity index (χ3n) is 11.5. The highest BCUT2D eigenvalue weighted by atomic mass is 16.5. The van der Waals surface area contributed by atoms with Gasteiger partial charge in [-0.3, -0.25) is 0 Å².